The van der Waals surface area contributed by atoms with E-state index in [-0.39, 0.29) is 5.91 Å². The highest BCUT2D eigenvalue weighted by atomic mass is 35.5. The van der Waals surface area contributed by atoms with Gasteiger partial charge < -0.3 is 9.47 Å². The maximum atomic E-state index is 12.5. The van der Waals surface area contributed by atoms with E-state index in [1.165, 1.54) is 4.90 Å². The van der Waals surface area contributed by atoms with Crippen molar-refractivity contribution in [3.8, 4) is 11.4 Å². The van der Waals surface area contributed by atoms with Gasteiger partial charge in [-0.15, -0.1) is 10.2 Å². The molecule has 0 saturated heterocycles. The van der Waals surface area contributed by atoms with Crippen LogP contribution in [0.3, 0.4) is 0 Å². The number of anilines is 1. The summed E-state index contributed by atoms with van der Waals surface area (Å²) >= 11 is 7.48. The van der Waals surface area contributed by atoms with Crippen LogP contribution in [0.25, 0.3) is 11.4 Å². The Morgan fingerprint density at radius 2 is 1.96 bits per heavy atom. The molecule has 0 aliphatic carbocycles. The first-order valence-electron chi connectivity index (χ1n) is 7.51. The van der Waals surface area contributed by atoms with E-state index in [4.69, 9.17) is 11.6 Å². The molecule has 0 aliphatic heterocycles. The molecule has 1 aromatic carbocycles. The van der Waals surface area contributed by atoms with Gasteiger partial charge in [0.05, 0.1) is 0 Å². The highest BCUT2D eigenvalue weighted by Gasteiger charge is 2.24. The molecule has 128 valence electrons. The number of pyridine rings is 1. The van der Waals surface area contributed by atoms with Gasteiger partial charge in [-0.05, 0) is 24.3 Å². The van der Waals surface area contributed by atoms with Crippen LogP contribution in [0.4, 0.5) is 5.69 Å². The average molecular weight is 374 g/mol. The van der Waals surface area contributed by atoms with E-state index in [1.807, 2.05) is 49.5 Å². The maximum Gasteiger partial charge on any atom is 0.255 e. The van der Waals surface area contributed by atoms with Gasteiger partial charge in [-0.3, -0.25) is 9.78 Å². The topological polar surface area (TPSA) is 63.9 Å². The molecule has 2 heterocycles. The van der Waals surface area contributed by atoms with Gasteiger partial charge >= 0.3 is 0 Å². The Morgan fingerprint density at radius 1 is 1.20 bits per heavy atom. The monoisotopic (exact) mass is 373 g/mol. The smallest absolute Gasteiger partial charge is 0.255 e. The third kappa shape index (κ3) is 3.83. The fraction of sp³-hybridized carbons (Fsp3) is 0.176. The van der Waals surface area contributed by atoms with Crippen LogP contribution in [0.1, 0.15) is 0 Å². The zero-order valence-electron chi connectivity index (χ0n) is 13.7. The lowest BCUT2D eigenvalue weighted by Gasteiger charge is -2.19. The Labute approximate surface area is 154 Å². The van der Waals surface area contributed by atoms with E-state index < -0.39 is 4.71 Å². The number of alkyl halides is 1. The number of nitrogens with zero attached hydrogens (tertiary/aromatic N) is 5. The molecule has 3 rings (SSSR count). The number of carbonyl (C=O) groups is 1. The molecule has 0 spiro atoms. The third-order valence-corrected chi connectivity index (χ3v) is 5.06. The van der Waals surface area contributed by atoms with Crippen LogP contribution >= 0.6 is 23.4 Å². The van der Waals surface area contributed by atoms with Crippen molar-refractivity contribution in [3.05, 3.63) is 54.9 Å². The largest absolute Gasteiger partial charge is 0.313 e. The van der Waals surface area contributed by atoms with E-state index >= 15 is 0 Å². The lowest BCUT2D eigenvalue weighted by Crippen LogP contribution is -2.32. The first-order valence-corrected chi connectivity index (χ1v) is 8.82. The van der Waals surface area contributed by atoms with Crippen LogP contribution in [-0.2, 0) is 11.8 Å². The summed E-state index contributed by atoms with van der Waals surface area (Å²) in [6.45, 7) is 0. The standard InChI is InChI=1S/C17H16ClN5OS/c1-22(13-8-4-3-5-9-13)16(24)14(18)25-17-21-20-15(23(17)2)12-7-6-10-19-11-12/h3-11,14H,1-2H3. The van der Waals surface area contributed by atoms with Gasteiger partial charge in [0.25, 0.3) is 5.91 Å². The number of para-hydroxylation sites is 1. The van der Waals surface area contributed by atoms with E-state index in [1.54, 1.807) is 24.0 Å². The second-order valence-corrected chi connectivity index (χ2v) is 7.04. The van der Waals surface area contributed by atoms with Crippen LogP contribution in [0.15, 0.2) is 60.0 Å². The summed E-state index contributed by atoms with van der Waals surface area (Å²) in [6, 6.07) is 13.1. The quantitative estimate of drug-likeness (QED) is 0.507. The molecule has 8 heteroatoms. The van der Waals surface area contributed by atoms with Gasteiger partial charge in [0.1, 0.15) is 0 Å². The van der Waals surface area contributed by atoms with E-state index in [0.29, 0.717) is 11.0 Å². The molecule has 0 fully saturated rings. The number of hydrogen-bond acceptors (Lipinski definition) is 5. The van der Waals surface area contributed by atoms with Crippen molar-refractivity contribution >= 4 is 35.0 Å². The first kappa shape index (κ1) is 17.4. The predicted octanol–water partition coefficient (Wildman–Crippen LogP) is 3.20. The number of rotatable bonds is 5. The second kappa shape index (κ2) is 7.67. The lowest BCUT2D eigenvalue weighted by molar-refractivity contribution is -0.116. The zero-order chi connectivity index (χ0) is 17.8. The van der Waals surface area contributed by atoms with Crippen molar-refractivity contribution < 1.29 is 4.79 Å². The van der Waals surface area contributed by atoms with Gasteiger partial charge in [0.15, 0.2) is 15.7 Å². The summed E-state index contributed by atoms with van der Waals surface area (Å²) in [5.74, 6) is 0.451. The highest BCUT2D eigenvalue weighted by Crippen LogP contribution is 2.29. The van der Waals surface area contributed by atoms with Crippen molar-refractivity contribution in [1.82, 2.24) is 19.7 Å². The summed E-state index contributed by atoms with van der Waals surface area (Å²) in [5, 5.41) is 8.87. The van der Waals surface area contributed by atoms with Crippen LogP contribution in [0.2, 0.25) is 0 Å². The van der Waals surface area contributed by atoms with Crippen LogP contribution < -0.4 is 4.90 Å². The summed E-state index contributed by atoms with van der Waals surface area (Å²) in [7, 11) is 3.53. The number of hydrogen-bond donors (Lipinski definition) is 0. The molecule has 0 radical (unpaired) electrons. The number of amides is 1. The Balaban J connectivity index is 1.74. The lowest BCUT2D eigenvalue weighted by atomic mass is 10.3. The Bertz CT molecular complexity index is 856. The fourth-order valence-electron chi connectivity index (χ4n) is 2.24. The van der Waals surface area contributed by atoms with Gasteiger partial charge in [-0.1, -0.05) is 41.6 Å². The first-order chi connectivity index (χ1) is 12.1. The Kier molecular flexibility index (Phi) is 5.35. The fourth-order valence-corrected chi connectivity index (χ4v) is 3.40. The SMILES string of the molecule is CN(C(=O)C(Cl)Sc1nnc(-c2cccnc2)n1C)c1ccccc1. The molecule has 0 saturated carbocycles. The number of benzene rings is 1. The molecule has 1 amide bonds. The molecule has 25 heavy (non-hydrogen) atoms. The van der Waals surface area contributed by atoms with E-state index in [9.17, 15) is 4.79 Å². The Hall–Kier alpha value is -2.38. The van der Waals surface area contributed by atoms with Crippen LogP contribution in [0.5, 0.6) is 0 Å². The Morgan fingerprint density at radius 3 is 2.64 bits per heavy atom. The molecular weight excluding hydrogens is 358 g/mol. The minimum absolute atomic E-state index is 0.219. The minimum atomic E-state index is -0.810. The third-order valence-electron chi connectivity index (χ3n) is 3.63. The van der Waals surface area contributed by atoms with Crippen molar-refractivity contribution in [3.63, 3.8) is 0 Å². The number of thioether (sulfide) groups is 1. The van der Waals surface area contributed by atoms with Crippen LogP contribution in [0, 0.1) is 0 Å². The molecule has 0 N–H and O–H groups in total. The van der Waals surface area contributed by atoms with Gasteiger partial charge in [0.2, 0.25) is 0 Å². The number of carbonyl (C=O) groups excluding carboxylic acids is 1. The van der Waals surface area contributed by atoms with Gasteiger partial charge in [-0.2, -0.15) is 0 Å². The number of halogens is 1. The summed E-state index contributed by atoms with van der Waals surface area (Å²) in [5.41, 5.74) is 1.64. The van der Waals surface area contributed by atoms with Crippen LogP contribution in [-0.4, -0.2) is 37.4 Å². The number of aromatic nitrogens is 4. The van der Waals surface area contributed by atoms with Gasteiger partial charge in [-0.25, -0.2) is 0 Å². The summed E-state index contributed by atoms with van der Waals surface area (Å²) < 4.78 is 0.988. The molecule has 0 bridgehead atoms. The molecule has 6 nitrogen and oxygen atoms in total. The average Bonchev–Trinajstić information content (AvgIpc) is 3.02. The molecule has 2 aromatic heterocycles. The minimum Gasteiger partial charge on any atom is -0.313 e. The van der Waals surface area contributed by atoms with Crippen molar-refractivity contribution in [2.24, 2.45) is 7.05 Å². The van der Waals surface area contributed by atoms with Gasteiger partial charge in [0, 0.05) is 37.7 Å². The summed E-state index contributed by atoms with van der Waals surface area (Å²) in [6.07, 6.45) is 3.41. The van der Waals surface area contributed by atoms with Crippen molar-refractivity contribution in [2.45, 2.75) is 9.87 Å². The van der Waals surface area contributed by atoms with Crippen molar-refractivity contribution in [1.29, 1.82) is 0 Å². The van der Waals surface area contributed by atoms with E-state index in [0.717, 1.165) is 23.0 Å². The normalized spacial score (nSPS) is 12.0. The van der Waals surface area contributed by atoms with E-state index in [2.05, 4.69) is 15.2 Å². The maximum absolute atomic E-state index is 12.5. The highest BCUT2D eigenvalue weighted by molar-refractivity contribution is 8.01. The second-order valence-electron chi connectivity index (χ2n) is 5.27. The molecular formula is C17H16ClN5OS. The molecule has 1 atom stereocenters. The van der Waals surface area contributed by atoms with Crippen molar-refractivity contribution in [2.75, 3.05) is 11.9 Å². The summed E-state index contributed by atoms with van der Waals surface area (Å²) in [4.78, 5) is 18.2. The predicted molar refractivity (Wildman–Crippen MR) is 99.6 cm³/mol. The molecule has 0 aliphatic rings. The molecule has 3 aromatic rings. The zero-order valence-corrected chi connectivity index (χ0v) is 15.3. The molecule has 1 unspecified atom stereocenters.